The highest BCUT2D eigenvalue weighted by molar-refractivity contribution is 9.10. The molecule has 0 unspecified atom stereocenters. The van der Waals surface area contributed by atoms with E-state index in [1.807, 2.05) is 66.7 Å². The molecular formula is C36H37BrN6O4. The van der Waals surface area contributed by atoms with Crippen LogP contribution in [0.5, 0.6) is 5.75 Å². The number of azide groups is 1. The third kappa shape index (κ3) is 8.58. The Morgan fingerprint density at radius 3 is 2.49 bits per heavy atom. The molecule has 4 aromatic rings. The number of aliphatic hydroxyl groups is 1. The number of halogens is 1. The Hall–Kier alpha value is -4.67. The number of hydrogen-bond donors (Lipinski definition) is 3. The Balaban J connectivity index is 1.46. The lowest BCUT2D eigenvalue weighted by molar-refractivity contribution is -0.130. The first-order chi connectivity index (χ1) is 23.0. The van der Waals surface area contributed by atoms with Crippen LogP contribution in [-0.2, 0) is 22.4 Å². The summed E-state index contributed by atoms with van der Waals surface area (Å²) in [5, 5.41) is 13.0. The van der Waals surface area contributed by atoms with Crippen LogP contribution in [-0.4, -0.2) is 42.2 Å². The lowest BCUT2D eigenvalue weighted by Gasteiger charge is -2.31. The van der Waals surface area contributed by atoms with Gasteiger partial charge in [-0.3, -0.25) is 10.2 Å². The number of amides is 1. The standard InChI is InChI=1S/C36H37BrN6O4/c37-31-16-6-5-15-30(31)33-36(25-28-14-4-7-17-32(28)41-43-38,35(45)42-39-22-9-8-13-26-11-2-1-3-12-26)40-34(47-33)27-18-20-29(21-19-27)46-24-10-23-44/h1-7,11-12,14-21,33,39,44H,8-10,13,22-25H2,(H,42,45)/t33-,36-/m0/s1. The van der Waals surface area contributed by atoms with Gasteiger partial charge < -0.3 is 14.6 Å². The minimum Gasteiger partial charge on any atom is -0.494 e. The summed E-state index contributed by atoms with van der Waals surface area (Å²) in [5.74, 6) is 0.565. The number of nitrogens with one attached hydrogen (secondary N) is 2. The van der Waals surface area contributed by atoms with Crippen molar-refractivity contribution in [3.63, 3.8) is 0 Å². The largest absolute Gasteiger partial charge is 0.494 e. The molecule has 242 valence electrons. The third-order valence-corrected chi connectivity index (χ3v) is 8.61. The maximum atomic E-state index is 14.4. The third-order valence-electron chi connectivity index (χ3n) is 7.88. The van der Waals surface area contributed by atoms with Crippen LogP contribution < -0.4 is 15.6 Å². The van der Waals surface area contributed by atoms with Crippen LogP contribution in [0.1, 0.15) is 47.6 Å². The molecule has 0 saturated heterocycles. The minimum atomic E-state index is -1.48. The van der Waals surface area contributed by atoms with Gasteiger partial charge in [0.15, 0.2) is 11.6 Å². The number of benzene rings is 4. The van der Waals surface area contributed by atoms with Crippen molar-refractivity contribution in [2.45, 2.75) is 43.7 Å². The fourth-order valence-electron chi connectivity index (χ4n) is 5.48. The SMILES string of the molecule is [N-]=[N+]=Nc1ccccc1C[C@]1(C(=O)NNCCCCc2ccccc2)N=C(c2ccc(OCCCO)cc2)O[C@H]1c1ccccc1Br. The van der Waals surface area contributed by atoms with Gasteiger partial charge in [-0.2, -0.15) is 0 Å². The molecule has 0 bridgehead atoms. The first-order valence-corrected chi connectivity index (χ1v) is 16.4. The van der Waals surface area contributed by atoms with Crippen molar-refractivity contribution in [1.29, 1.82) is 0 Å². The number of hydrazine groups is 1. The van der Waals surface area contributed by atoms with E-state index in [9.17, 15) is 10.3 Å². The molecule has 0 saturated carbocycles. The molecule has 0 aliphatic carbocycles. The summed E-state index contributed by atoms with van der Waals surface area (Å²) in [6.45, 7) is 1.01. The molecule has 2 atom stereocenters. The summed E-state index contributed by atoms with van der Waals surface area (Å²) in [6, 6.07) is 32.3. The van der Waals surface area contributed by atoms with Crippen molar-refractivity contribution in [2.75, 3.05) is 19.8 Å². The van der Waals surface area contributed by atoms with Crippen LogP contribution >= 0.6 is 15.9 Å². The molecule has 1 aliphatic heterocycles. The number of carbonyl (C=O) groups excluding carboxylic acids is 1. The van der Waals surface area contributed by atoms with Gasteiger partial charge in [0.1, 0.15) is 5.75 Å². The smallest absolute Gasteiger partial charge is 0.266 e. The summed E-state index contributed by atoms with van der Waals surface area (Å²) >= 11 is 3.67. The summed E-state index contributed by atoms with van der Waals surface area (Å²) in [5.41, 5.74) is 17.6. The maximum Gasteiger partial charge on any atom is 0.266 e. The van der Waals surface area contributed by atoms with Gasteiger partial charge in [-0.05, 0) is 66.3 Å². The van der Waals surface area contributed by atoms with Crippen molar-refractivity contribution in [1.82, 2.24) is 10.9 Å². The van der Waals surface area contributed by atoms with Crippen molar-refractivity contribution < 1.29 is 19.4 Å². The second-order valence-corrected chi connectivity index (χ2v) is 12.0. The molecule has 4 aromatic carbocycles. The number of aryl methyl sites for hydroxylation is 1. The van der Waals surface area contributed by atoms with Crippen molar-refractivity contribution in [3.05, 3.63) is 140 Å². The van der Waals surface area contributed by atoms with Gasteiger partial charge >= 0.3 is 0 Å². The minimum absolute atomic E-state index is 0.0503. The van der Waals surface area contributed by atoms with Gasteiger partial charge in [0.25, 0.3) is 5.91 Å². The molecule has 10 nitrogen and oxygen atoms in total. The molecule has 3 N–H and O–H groups in total. The summed E-state index contributed by atoms with van der Waals surface area (Å²) in [4.78, 5) is 22.5. The Labute approximate surface area is 282 Å². The lowest BCUT2D eigenvalue weighted by atomic mass is 9.81. The normalized spacial score (nSPS) is 16.9. The molecule has 5 rings (SSSR count). The van der Waals surface area contributed by atoms with E-state index in [2.05, 4.69) is 48.9 Å². The second kappa shape index (κ2) is 16.8. The van der Waals surface area contributed by atoms with E-state index in [1.165, 1.54) is 5.56 Å². The zero-order valence-corrected chi connectivity index (χ0v) is 27.5. The van der Waals surface area contributed by atoms with E-state index < -0.39 is 11.6 Å². The van der Waals surface area contributed by atoms with Crippen molar-refractivity contribution >= 4 is 33.4 Å². The van der Waals surface area contributed by atoms with Gasteiger partial charge in [-0.1, -0.05) is 93.8 Å². The Bertz CT molecular complexity index is 1710. The lowest BCUT2D eigenvalue weighted by Crippen LogP contribution is -2.54. The summed E-state index contributed by atoms with van der Waals surface area (Å²) in [7, 11) is 0. The topological polar surface area (TPSA) is 141 Å². The monoisotopic (exact) mass is 696 g/mol. The predicted octanol–water partition coefficient (Wildman–Crippen LogP) is 7.30. The van der Waals surface area contributed by atoms with Crippen molar-refractivity contribution in [2.24, 2.45) is 10.1 Å². The quantitative estimate of drug-likeness (QED) is 0.0371. The van der Waals surface area contributed by atoms with Gasteiger partial charge in [0.2, 0.25) is 5.90 Å². The molecule has 47 heavy (non-hydrogen) atoms. The van der Waals surface area contributed by atoms with Gasteiger partial charge in [0, 0.05) is 52.2 Å². The number of hydrogen-bond acceptors (Lipinski definition) is 7. The van der Waals surface area contributed by atoms with E-state index in [-0.39, 0.29) is 18.9 Å². The van der Waals surface area contributed by atoms with E-state index in [4.69, 9.17) is 19.6 Å². The van der Waals surface area contributed by atoms with E-state index in [0.717, 1.165) is 29.3 Å². The molecule has 1 aliphatic rings. The first-order valence-electron chi connectivity index (χ1n) is 15.6. The molecule has 0 aromatic heterocycles. The number of aliphatic imine (C=N–C) groups is 1. The van der Waals surface area contributed by atoms with E-state index in [1.54, 1.807) is 24.3 Å². The molecule has 1 heterocycles. The predicted molar refractivity (Wildman–Crippen MR) is 185 cm³/mol. The van der Waals surface area contributed by atoms with Gasteiger partial charge in [-0.25, -0.2) is 10.4 Å². The summed E-state index contributed by atoms with van der Waals surface area (Å²) in [6.07, 6.45) is 2.57. The van der Waals surface area contributed by atoms with Gasteiger partial charge in [0.05, 0.1) is 6.61 Å². The van der Waals surface area contributed by atoms with E-state index >= 15 is 0 Å². The zero-order valence-electron chi connectivity index (χ0n) is 25.9. The van der Waals surface area contributed by atoms with Crippen LogP contribution in [0.25, 0.3) is 10.4 Å². The molecule has 0 spiro atoms. The molecule has 0 radical (unpaired) electrons. The number of nitrogens with zero attached hydrogens (tertiary/aromatic N) is 4. The van der Waals surface area contributed by atoms with Crippen LogP contribution in [0.2, 0.25) is 0 Å². The molecular weight excluding hydrogens is 660 g/mol. The fourth-order valence-corrected chi connectivity index (χ4v) is 5.97. The average Bonchev–Trinajstić information content (AvgIpc) is 3.48. The Morgan fingerprint density at radius 2 is 1.72 bits per heavy atom. The Kier molecular flexibility index (Phi) is 12.0. The van der Waals surface area contributed by atoms with Crippen molar-refractivity contribution in [3.8, 4) is 5.75 Å². The second-order valence-electron chi connectivity index (χ2n) is 11.1. The zero-order chi connectivity index (χ0) is 32.9. The van der Waals surface area contributed by atoms with Crippen LogP contribution in [0.4, 0.5) is 5.69 Å². The highest BCUT2D eigenvalue weighted by Crippen LogP contribution is 2.45. The number of rotatable bonds is 16. The number of carbonyl (C=O) groups is 1. The number of unbranched alkanes of at least 4 members (excludes halogenated alkanes) is 1. The van der Waals surface area contributed by atoms with Gasteiger partial charge in [-0.15, -0.1) is 0 Å². The molecule has 1 amide bonds. The average molecular weight is 698 g/mol. The first kappa shape index (κ1) is 33.7. The number of ether oxygens (including phenoxy) is 2. The molecule has 0 fully saturated rings. The highest BCUT2D eigenvalue weighted by atomic mass is 79.9. The maximum absolute atomic E-state index is 14.4. The Morgan fingerprint density at radius 1 is 0.979 bits per heavy atom. The van der Waals surface area contributed by atoms with Crippen LogP contribution in [0.15, 0.2) is 118 Å². The van der Waals surface area contributed by atoms with E-state index in [0.29, 0.717) is 48.0 Å². The highest BCUT2D eigenvalue weighted by Gasteiger charge is 2.54. The van der Waals surface area contributed by atoms with Crippen LogP contribution in [0, 0.1) is 0 Å². The molecule has 11 heteroatoms. The van der Waals surface area contributed by atoms with Crippen LogP contribution in [0.3, 0.4) is 0 Å². The number of aliphatic hydroxyl groups excluding tert-OH is 1. The fraction of sp³-hybridized carbons (Fsp3) is 0.278. The summed E-state index contributed by atoms with van der Waals surface area (Å²) < 4.78 is 13.1.